The van der Waals surface area contributed by atoms with Crippen molar-refractivity contribution >= 4 is 21.8 Å². The standard InChI is InChI=1S/C6H12BrNO/c1-2-5-8-6(9)3-4-7/h2-5H2,1H3,(H,8,9). The van der Waals surface area contributed by atoms with Gasteiger partial charge in [0.25, 0.3) is 0 Å². The van der Waals surface area contributed by atoms with Gasteiger partial charge in [0, 0.05) is 18.3 Å². The van der Waals surface area contributed by atoms with Crippen molar-refractivity contribution in [1.82, 2.24) is 5.32 Å². The van der Waals surface area contributed by atoms with E-state index in [1.807, 2.05) is 6.92 Å². The molecular weight excluding hydrogens is 182 g/mol. The van der Waals surface area contributed by atoms with Gasteiger partial charge in [-0.2, -0.15) is 0 Å². The number of hydrogen-bond acceptors (Lipinski definition) is 1. The van der Waals surface area contributed by atoms with Crippen molar-refractivity contribution in [3.8, 4) is 0 Å². The minimum atomic E-state index is 0.133. The van der Waals surface area contributed by atoms with Crippen LogP contribution < -0.4 is 5.32 Å². The number of amides is 1. The van der Waals surface area contributed by atoms with Gasteiger partial charge in [-0.3, -0.25) is 4.79 Å². The molecule has 0 bridgehead atoms. The molecule has 0 saturated heterocycles. The van der Waals surface area contributed by atoms with Crippen LogP contribution in [0.15, 0.2) is 0 Å². The first-order valence-electron chi connectivity index (χ1n) is 3.14. The third-order valence-electron chi connectivity index (χ3n) is 0.894. The molecule has 0 aromatic rings. The molecule has 2 nitrogen and oxygen atoms in total. The van der Waals surface area contributed by atoms with E-state index in [2.05, 4.69) is 21.2 Å². The van der Waals surface area contributed by atoms with Gasteiger partial charge in [0.05, 0.1) is 0 Å². The first-order valence-corrected chi connectivity index (χ1v) is 4.26. The van der Waals surface area contributed by atoms with E-state index in [0.717, 1.165) is 18.3 Å². The van der Waals surface area contributed by atoms with Crippen LogP contribution in [0.5, 0.6) is 0 Å². The summed E-state index contributed by atoms with van der Waals surface area (Å²) in [6, 6.07) is 0. The molecule has 0 fully saturated rings. The fourth-order valence-corrected chi connectivity index (χ4v) is 0.799. The topological polar surface area (TPSA) is 29.1 Å². The molecular formula is C6H12BrNO. The number of alkyl halides is 1. The third kappa shape index (κ3) is 5.83. The van der Waals surface area contributed by atoms with Crippen LogP contribution in [0.1, 0.15) is 19.8 Å². The smallest absolute Gasteiger partial charge is 0.220 e. The highest BCUT2D eigenvalue weighted by Crippen LogP contribution is 1.86. The van der Waals surface area contributed by atoms with Crippen molar-refractivity contribution < 1.29 is 4.79 Å². The number of halogens is 1. The van der Waals surface area contributed by atoms with E-state index < -0.39 is 0 Å². The maximum absolute atomic E-state index is 10.7. The summed E-state index contributed by atoms with van der Waals surface area (Å²) in [5, 5.41) is 3.52. The number of rotatable bonds is 4. The molecule has 3 heteroatoms. The molecule has 0 atom stereocenters. The van der Waals surface area contributed by atoms with E-state index in [9.17, 15) is 4.79 Å². The molecule has 0 aliphatic heterocycles. The van der Waals surface area contributed by atoms with Crippen molar-refractivity contribution in [2.75, 3.05) is 11.9 Å². The predicted octanol–water partition coefficient (Wildman–Crippen LogP) is 1.30. The Morgan fingerprint density at radius 2 is 2.33 bits per heavy atom. The van der Waals surface area contributed by atoms with Crippen LogP contribution in [-0.2, 0) is 4.79 Å². The van der Waals surface area contributed by atoms with Crippen molar-refractivity contribution in [1.29, 1.82) is 0 Å². The van der Waals surface area contributed by atoms with Gasteiger partial charge in [-0.1, -0.05) is 22.9 Å². The van der Waals surface area contributed by atoms with E-state index in [-0.39, 0.29) is 5.91 Å². The summed E-state index contributed by atoms with van der Waals surface area (Å²) >= 11 is 3.18. The van der Waals surface area contributed by atoms with Gasteiger partial charge in [0.15, 0.2) is 0 Å². The Hall–Kier alpha value is -0.0500. The van der Waals surface area contributed by atoms with Gasteiger partial charge in [0.1, 0.15) is 0 Å². The molecule has 0 heterocycles. The molecule has 0 radical (unpaired) electrons. The van der Waals surface area contributed by atoms with E-state index in [1.165, 1.54) is 0 Å². The third-order valence-corrected chi connectivity index (χ3v) is 1.29. The highest BCUT2D eigenvalue weighted by molar-refractivity contribution is 9.09. The lowest BCUT2D eigenvalue weighted by Gasteiger charge is -1.98. The van der Waals surface area contributed by atoms with Crippen LogP contribution >= 0.6 is 15.9 Å². The molecule has 0 aliphatic rings. The monoisotopic (exact) mass is 193 g/mol. The summed E-state index contributed by atoms with van der Waals surface area (Å²) in [5.74, 6) is 0.133. The first kappa shape index (κ1) is 8.95. The average molecular weight is 194 g/mol. The van der Waals surface area contributed by atoms with E-state index >= 15 is 0 Å². The lowest BCUT2D eigenvalue weighted by molar-refractivity contribution is -0.120. The first-order chi connectivity index (χ1) is 4.31. The zero-order chi connectivity index (χ0) is 7.11. The highest BCUT2D eigenvalue weighted by Gasteiger charge is 1.95. The number of hydrogen-bond donors (Lipinski definition) is 1. The fourth-order valence-electron chi connectivity index (χ4n) is 0.439. The Bertz CT molecular complexity index is 85.1. The Labute approximate surface area is 64.1 Å². The highest BCUT2D eigenvalue weighted by atomic mass is 79.9. The van der Waals surface area contributed by atoms with Gasteiger partial charge >= 0.3 is 0 Å². The van der Waals surface area contributed by atoms with Crippen molar-refractivity contribution in [2.45, 2.75) is 19.8 Å². The average Bonchev–Trinajstić information content (AvgIpc) is 1.85. The Balaban J connectivity index is 3.06. The summed E-state index contributed by atoms with van der Waals surface area (Å²) in [4.78, 5) is 10.7. The molecule has 1 amide bonds. The van der Waals surface area contributed by atoms with Crippen LogP contribution in [0, 0.1) is 0 Å². The quantitative estimate of drug-likeness (QED) is 0.671. The number of carbonyl (C=O) groups excluding carboxylic acids is 1. The lowest BCUT2D eigenvalue weighted by Crippen LogP contribution is -2.23. The van der Waals surface area contributed by atoms with Crippen molar-refractivity contribution in [3.05, 3.63) is 0 Å². The second kappa shape index (κ2) is 6.08. The molecule has 9 heavy (non-hydrogen) atoms. The molecule has 54 valence electrons. The Kier molecular flexibility index (Phi) is 6.04. The zero-order valence-corrected chi connectivity index (χ0v) is 7.20. The summed E-state index contributed by atoms with van der Waals surface area (Å²) in [7, 11) is 0. The second-order valence-electron chi connectivity index (χ2n) is 1.79. The Morgan fingerprint density at radius 1 is 1.67 bits per heavy atom. The summed E-state index contributed by atoms with van der Waals surface area (Å²) in [6.45, 7) is 2.83. The normalized spacial score (nSPS) is 9.11. The summed E-state index contributed by atoms with van der Waals surface area (Å²) < 4.78 is 0. The van der Waals surface area contributed by atoms with Crippen LogP contribution in [0.3, 0.4) is 0 Å². The number of nitrogens with one attached hydrogen (secondary N) is 1. The van der Waals surface area contributed by atoms with Gasteiger partial charge in [-0.25, -0.2) is 0 Å². The molecule has 0 saturated carbocycles. The fraction of sp³-hybridized carbons (Fsp3) is 0.833. The SMILES string of the molecule is CCCNC(=O)CCBr. The minimum Gasteiger partial charge on any atom is -0.356 e. The zero-order valence-electron chi connectivity index (χ0n) is 5.61. The van der Waals surface area contributed by atoms with Gasteiger partial charge in [0.2, 0.25) is 5.91 Å². The molecule has 0 unspecified atom stereocenters. The minimum absolute atomic E-state index is 0.133. The van der Waals surface area contributed by atoms with E-state index in [4.69, 9.17) is 0 Å². The largest absolute Gasteiger partial charge is 0.356 e. The molecule has 0 aromatic heterocycles. The maximum Gasteiger partial charge on any atom is 0.220 e. The second-order valence-corrected chi connectivity index (χ2v) is 2.58. The van der Waals surface area contributed by atoms with Crippen LogP contribution in [0.25, 0.3) is 0 Å². The van der Waals surface area contributed by atoms with Crippen molar-refractivity contribution in [2.24, 2.45) is 0 Å². The van der Waals surface area contributed by atoms with E-state index in [1.54, 1.807) is 0 Å². The molecule has 0 aromatic carbocycles. The lowest BCUT2D eigenvalue weighted by atomic mass is 10.4. The Morgan fingerprint density at radius 3 is 2.78 bits per heavy atom. The molecule has 0 spiro atoms. The molecule has 0 aliphatic carbocycles. The maximum atomic E-state index is 10.7. The van der Waals surface area contributed by atoms with Crippen LogP contribution in [0.2, 0.25) is 0 Å². The molecule has 1 N–H and O–H groups in total. The summed E-state index contributed by atoms with van der Waals surface area (Å²) in [5.41, 5.74) is 0. The molecule has 0 rings (SSSR count). The van der Waals surface area contributed by atoms with Crippen molar-refractivity contribution in [3.63, 3.8) is 0 Å². The van der Waals surface area contributed by atoms with Gasteiger partial charge < -0.3 is 5.32 Å². The van der Waals surface area contributed by atoms with Gasteiger partial charge in [-0.05, 0) is 6.42 Å². The van der Waals surface area contributed by atoms with Gasteiger partial charge in [-0.15, -0.1) is 0 Å². The van der Waals surface area contributed by atoms with Crippen LogP contribution in [-0.4, -0.2) is 17.8 Å². The summed E-state index contributed by atoms with van der Waals surface area (Å²) in [6.07, 6.45) is 1.59. The predicted molar refractivity (Wildman–Crippen MR) is 41.7 cm³/mol. The number of carbonyl (C=O) groups is 1. The van der Waals surface area contributed by atoms with Crippen LogP contribution in [0.4, 0.5) is 0 Å². The van der Waals surface area contributed by atoms with E-state index in [0.29, 0.717) is 6.42 Å².